The number of carbonyl (C=O) groups is 2. The van der Waals surface area contributed by atoms with Crippen LogP contribution in [0.3, 0.4) is 0 Å². The van der Waals surface area contributed by atoms with Crippen molar-refractivity contribution in [1.82, 2.24) is 5.32 Å². The van der Waals surface area contributed by atoms with Gasteiger partial charge in [0.15, 0.2) is 6.04 Å². The summed E-state index contributed by atoms with van der Waals surface area (Å²) < 4.78 is 10.2. The second kappa shape index (κ2) is 7.92. The van der Waals surface area contributed by atoms with E-state index in [1.165, 1.54) is 0 Å². The van der Waals surface area contributed by atoms with Crippen LogP contribution >= 0.6 is 0 Å². The van der Waals surface area contributed by atoms with Crippen molar-refractivity contribution in [2.24, 2.45) is 0 Å². The zero-order valence-electron chi connectivity index (χ0n) is 11.5. The minimum absolute atomic E-state index is 0.0609. The highest BCUT2D eigenvalue weighted by Crippen LogP contribution is 2.06. The van der Waals surface area contributed by atoms with Crippen molar-refractivity contribution in [3.8, 4) is 0 Å². The second-order valence-electron chi connectivity index (χ2n) is 4.97. The molecule has 0 heterocycles. The molecule has 6 nitrogen and oxygen atoms in total. The number of amides is 1. The molecule has 0 saturated carbocycles. The maximum Gasteiger partial charge on any atom is 0.408 e. The van der Waals surface area contributed by atoms with Gasteiger partial charge in [0, 0.05) is 6.61 Å². The molecular weight excluding hydrogens is 238 g/mol. The van der Waals surface area contributed by atoms with E-state index in [0.29, 0.717) is 6.61 Å². The minimum atomic E-state index is -1.14. The van der Waals surface area contributed by atoms with Crippen LogP contribution in [0.25, 0.3) is 0 Å². The van der Waals surface area contributed by atoms with Crippen molar-refractivity contribution >= 4 is 12.1 Å². The molecule has 1 atom stereocenters. The molecule has 106 valence electrons. The van der Waals surface area contributed by atoms with E-state index in [-0.39, 0.29) is 6.61 Å². The van der Waals surface area contributed by atoms with Gasteiger partial charge in [0.25, 0.3) is 0 Å². The minimum Gasteiger partial charge on any atom is -0.480 e. The van der Waals surface area contributed by atoms with Crippen LogP contribution in [0.1, 0.15) is 40.5 Å². The Balaban J connectivity index is 4.11. The lowest BCUT2D eigenvalue weighted by Gasteiger charge is -2.21. The topological polar surface area (TPSA) is 84.9 Å². The SMILES string of the molecule is CCCCOC[C@H](NC(=O)OC(C)(C)C)C(=O)O. The molecule has 0 aliphatic carbocycles. The van der Waals surface area contributed by atoms with Crippen LogP contribution in [0.4, 0.5) is 4.79 Å². The maximum absolute atomic E-state index is 11.4. The largest absolute Gasteiger partial charge is 0.480 e. The summed E-state index contributed by atoms with van der Waals surface area (Å²) in [5.74, 6) is -1.14. The maximum atomic E-state index is 11.4. The fraction of sp³-hybridized carbons (Fsp3) is 0.833. The Morgan fingerprint density at radius 3 is 2.39 bits per heavy atom. The molecule has 0 aromatic heterocycles. The van der Waals surface area contributed by atoms with Gasteiger partial charge in [-0.3, -0.25) is 0 Å². The first-order chi connectivity index (χ1) is 8.26. The third kappa shape index (κ3) is 8.81. The average molecular weight is 261 g/mol. The second-order valence-corrected chi connectivity index (χ2v) is 4.97. The van der Waals surface area contributed by atoms with Crippen LogP contribution in [-0.2, 0) is 14.3 Å². The summed E-state index contributed by atoms with van der Waals surface area (Å²) in [6.07, 6.45) is 1.07. The lowest BCUT2D eigenvalue weighted by Crippen LogP contribution is -2.46. The molecule has 1 amide bonds. The molecule has 6 heteroatoms. The molecule has 0 radical (unpaired) electrons. The van der Waals surface area contributed by atoms with Crippen LogP contribution in [0.15, 0.2) is 0 Å². The predicted octanol–water partition coefficient (Wildman–Crippen LogP) is 1.78. The van der Waals surface area contributed by atoms with Gasteiger partial charge >= 0.3 is 12.1 Å². The number of hydrogen-bond donors (Lipinski definition) is 2. The zero-order valence-corrected chi connectivity index (χ0v) is 11.5. The zero-order chi connectivity index (χ0) is 14.2. The molecule has 0 bridgehead atoms. The van der Waals surface area contributed by atoms with E-state index >= 15 is 0 Å². The molecule has 18 heavy (non-hydrogen) atoms. The number of aliphatic carboxylic acids is 1. The normalized spacial score (nSPS) is 12.9. The monoisotopic (exact) mass is 261 g/mol. The van der Waals surface area contributed by atoms with Crippen LogP contribution < -0.4 is 5.32 Å². The number of carbonyl (C=O) groups excluding carboxylic acids is 1. The molecule has 0 rings (SSSR count). The summed E-state index contributed by atoms with van der Waals surface area (Å²) >= 11 is 0. The highest BCUT2D eigenvalue weighted by Gasteiger charge is 2.23. The van der Waals surface area contributed by atoms with Crippen molar-refractivity contribution in [2.45, 2.75) is 52.2 Å². The molecule has 0 spiro atoms. The van der Waals surface area contributed by atoms with E-state index in [9.17, 15) is 9.59 Å². The smallest absolute Gasteiger partial charge is 0.408 e. The van der Waals surface area contributed by atoms with Crippen molar-refractivity contribution in [3.05, 3.63) is 0 Å². The standard InChI is InChI=1S/C12H23NO5/c1-5-6-7-17-8-9(10(14)15)13-11(16)18-12(2,3)4/h9H,5-8H2,1-4H3,(H,13,16)(H,14,15)/t9-/m0/s1. The number of ether oxygens (including phenoxy) is 2. The molecule has 0 aliphatic rings. The Labute approximate surface area is 108 Å². The summed E-state index contributed by atoms with van der Waals surface area (Å²) in [6, 6.07) is -1.09. The quantitative estimate of drug-likeness (QED) is 0.682. The van der Waals surface area contributed by atoms with Gasteiger partial charge in [-0.1, -0.05) is 13.3 Å². The highest BCUT2D eigenvalue weighted by atomic mass is 16.6. The molecular formula is C12H23NO5. The Bertz CT molecular complexity index is 272. The van der Waals surface area contributed by atoms with Gasteiger partial charge in [0.2, 0.25) is 0 Å². The number of carboxylic acid groups (broad SMARTS) is 1. The first-order valence-corrected chi connectivity index (χ1v) is 6.06. The summed E-state index contributed by atoms with van der Waals surface area (Å²) in [7, 11) is 0. The van der Waals surface area contributed by atoms with Gasteiger partial charge in [-0.05, 0) is 27.2 Å². The molecule has 0 aromatic carbocycles. The fourth-order valence-electron chi connectivity index (χ4n) is 1.07. The van der Waals surface area contributed by atoms with Crippen molar-refractivity contribution < 1.29 is 24.2 Å². The predicted molar refractivity (Wildman–Crippen MR) is 66.5 cm³/mol. The van der Waals surface area contributed by atoms with Crippen LogP contribution in [0.5, 0.6) is 0 Å². The Kier molecular flexibility index (Phi) is 7.35. The first kappa shape index (κ1) is 16.7. The number of nitrogens with one attached hydrogen (secondary N) is 1. The highest BCUT2D eigenvalue weighted by molar-refractivity contribution is 5.80. The lowest BCUT2D eigenvalue weighted by molar-refractivity contribution is -0.141. The Morgan fingerprint density at radius 2 is 1.94 bits per heavy atom. The van der Waals surface area contributed by atoms with Gasteiger partial charge in [-0.2, -0.15) is 0 Å². The molecule has 0 aliphatic heterocycles. The van der Waals surface area contributed by atoms with E-state index in [2.05, 4.69) is 5.32 Å². The van der Waals surface area contributed by atoms with Crippen LogP contribution in [-0.4, -0.2) is 42.0 Å². The van der Waals surface area contributed by atoms with E-state index in [4.69, 9.17) is 14.6 Å². The van der Waals surface area contributed by atoms with E-state index < -0.39 is 23.7 Å². The van der Waals surface area contributed by atoms with E-state index in [1.807, 2.05) is 6.92 Å². The average Bonchev–Trinajstić information content (AvgIpc) is 2.19. The number of alkyl carbamates (subject to hydrolysis) is 1. The van der Waals surface area contributed by atoms with E-state index in [1.54, 1.807) is 20.8 Å². The van der Waals surface area contributed by atoms with Gasteiger partial charge in [-0.15, -0.1) is 0 Å². The number of carboxylic acids is 1. The van der Waals surface area contributed by atoms with Crippen molar-refractivity contribution in [2.75, 3.05) is 13.2 Å². The Morgan fingerprint density at radius 1 is 1.33 bits per heavy atom. The third-order valence-electron chi connectivity index (χ3n) is 1.92. The van der Waals surface area contributed by atoms with E-state index in [0.717, 1.165) is 12.8 Å². The first-order valence-electron chi connectivity index (χ1n) is 6.06. The molecule has 0 aromatic rings. The molecule has 0 fully saturated rings. The lowest BCUT2D eigenvalue weighted by atomic mass is 10.2. The molecule has 0 unspecified atom stereocenters. The molecule has 2 N–H and O–H groups in total. The summed E-state index contributed by atoms with van der Waals surface area (Å²) in [4.78, 5) is 22.3. The Hall–Kier alpha value is -1.30. The summed E-state index contributed by atoms with van der Waals surface area (Å²) in [5, 5.41) is 11.2. The van der Waals surface area contributed by atoms with Crippen LogP contribution in [0.2, 0.25) is 0 Å². The van der Waals surface area contributed by atoms with Gasteiger partial charge < -0.3 is 19.9 Å². The fourth-order valence-corrected chi connectivity index (χ4v) is 1.07. The van der Waals surface area contributed by atoms with Gasteiger partial charge in [-0.25, -0.2) is 9.59 Å². The van der Waals surface area contributed by atoms with Crippen molar-refractivity contribution in [1.29, 1.82) is 0 Å². The number of hydrogen-bond acceptors (Lipinski definition) is 4. The number of rotatable bonds is 7. The summed E-state index contributed by atoms with van der Waals surface area (Å²) in [5.41, 5.74) is -0.657. The van der Waals surface area contributed by atoms with Gasteiger partial charge in [0.05, 0.1) is 6.61 Å². The molecule has 0 saturated heterocycles. The van der Waals surface area contributed by atoms with Gasteiger partial charge in [0.1, 0.15) is 5.60 Å². The van der Waals surface area contributed by atoms with Crippen LogP contribution in [0, 0.1) is 0 Å². The third-order valence-corrected chi connectivity index (χ3v) is 1.92. The summed E-state index contributed by atoms with van der Waals surface area (Å²) in [6.45, 7) is 7.56. The number of unbranched alkanes of at least 4 members (excludes halogenated alkanes) is 1. The van der Waals surface area contributed by atoms with Crippen molar-refractivity contribution in [3.63, 3.8) is 0 Å².